The Morgan fingerprint density at radius 1 is 1.28 bits per heavy atom. The fraction of sp³-hybridized carbons (Fsp3) is 0.294. The monoisotopic (exact) mass is 339 g/mol. The molecule has 0 saturated carbocycles. The van der Waals surface area contributed by atoms with Gasteiger partial charge in [0.1, 0.15) is 12.1 Å². The summed E-state index contributed by atoms with van der Waals surface area (Å²) in [5, 5.41) is 8.83. The first kappa shape index (κ1) is 16.7. The van der Waals surface area contributed by atoms with Crippen LogP contribution < -0.4 is 10.4 Å². The van der Waals surface area contributed by atoms with Gasteiger partial charge in [-0.1, -0.05) is 12.1 Å². The Hall–Kier alpha value is -3.18. The molecule has 0 radical (unpaired) electrons. The second-order valence-electron chi connectivity index (χ2n) is 5.37. The molecule has 3 aromatic rings. The lowest BCUT2D eigenvalue weighted by atomic mass is 10.1. The van der Waals surface area contributed by atoms with Crippen molar-refractivity contribution in [1.29, 1.82) is 5.26 Å². The first-order chi connectivity index (χ1) is 12.2. The minimum absolute atomic E-state index is 0.204. The van der Waals surface area contributed by atoms with Crippen LogP contribution in [-0.4, -0.2) is 39.8 Å². The molecule has 0 bridgehead atoms. The number of H-pyrrole nitrogens is 1. The number of nitrogens with one attached hydrogen (secondary N) is 1. The Balaban J connectivity index is 1.79. The zero-order chi connectivity index (χ0) is 17.6. The van der Waals surface area contributed by atoms with Crippen LogP contribution in [0.2, 0.25) is 0 Å². The van der Waals surface area contributed by atoms with E-state index in [1.807, 2.05) is 12.1 Å². The maximum Gasteiger partial charge on any atom is 0.327 e. The van der Waals surface area contributed by atoms with E-state index < -0.39 is 0 Å². The standard InChI is InChI=1S/C17H17N5O3/c1-24-8-9-25-16-19-11-14-15(21-16)22(17(23)20-14)7-6-12-2-4-13(10-18)5-3-12/h2-5,11H,6-9H2,1H3,(H,20,23). The van der Waals surface area contributed by atoms with Crippen molar-refractivity contribution in [1.82, 2.24) is 19.5 Å². The van der Waals surface area contributed by atoms with Gasteiger partial charge in [0.15, 0.2) is 5.65 Å². The summed E-state index contributed by atoms with van der Waals surface area (Å²) in [5.41, 5.74) is 2.46. The molecular formula is C17H17N5O3. The van der Waals surface area contributed by atoms with Crippen molar-refractivity contribution in [2.45, 2.75) is 13.0 Å². The minimum Gasteiger partial charge on any atom is -0.461 e. The highest BCUT2D eigenvalue weighted by Gasteiger charge is 2.11. The Bertz CT molecular complexity index is 953. The van der Waals surface area contributed by atoms with Gasteiger partial charge in [0, 0.05) is 13.7 Å². The van der Waals surface area contributed by atoms with Gasteiger partial charge in [0.25, 0.3) is 0 Å². The largest absolute Gasteiger partial charge is 0.461 e. The van der Waals surface area contributed by atoms with Crippen LogP contribution >= 0.6 is 0 Å². The van der Waals surface area contributed by atoms with Crippen molar-refractivity contribution in [2.24, 2.45) is 0 Å². The first-order valence-corrected chi connectivity index (χ1v) is 7.77. The van der Waals surface area contributed by atoms with Crippen LogP contribution in [0.3, 0.4) is 0 Å². The molecule has 0 amide bonds. The predicted molar refractivity (Wildman–Crippen MR) is 90.4 cm³/mol. The lowest BCUT2D eigenvalue weighted by Crippen LogP contribution is -2.18. The predicted octanol–water partition coefficient (Wildman–Crippen LogP) is 1.26. The lowest BCUT2D eigenvalue weighted by Gasteiger charge is -2.05. The number of imidazole rings is 1. The summed E-state index contributed by atoms with van der Waals surface area (Å²) in [4.78, 5) is 23.3. The fourth-order valence-corrected chi connectivity index (χ4v) is 2.41. The molecule has 0 fully saturated rings. The van der Waals surface area contributed by atoms with Crippen LogP contribution in [-0.2, 0) is 17.7 Å². The molecule has 0 unspecified atom stereocenters. The molecule has 3 rings (SSSR count). The molecule has 128 valence electrons. The number of aromatic amines is 1. The average Bonchev–Trinajstić information content (AvgIpc) is 2.95. The van der Waals surface area contributed by atoms with Gasteiger partial charge in [0.2, 0.25) is 0 Å². The number of ether oxygens (including phenoxy) is 2. The van der Waals surface area contributed by atoms with Gasteiger partial charge in [-0.3, -0.25) is 4.57 Å². The van der Waals surface area contributed by atoms with Crippen LogP contribution in [0, 0.1) is 11.3 Å². The quantitative estimate of drug-likeness (QED) is 0.650. The van der Waals surface area contributed by atoms with Crippen LogP contribution in [0.5, 0.6) is 6.01 Å². The van der Waals surface area contributed by atoms with Crippen LogP contribution in [0.4, 0.5) is 0 Å². The van der Waals surface area contributed by atoms with E-state index in [2.05, 4.69) is 21.0 Å². The van der Waals surface area contributed by atoms with E-state index >= 15 is 0 Å². The molecule has 0 atom stereocenters. The molecular weight excluding hydrogens is 322 g/mol. The fourth-order valence-electron chi connectivity index (χ4n) is 2.41. The number of fused-ring (bicyclic) bond motifs is 1. The second-order valence-corrected chi connectivity index (χ2v) is 5.37. The number of hydrogen-bond acceptors (Lipinski definition) is 6. The highest BCUT2D eigenvalue weighted by atomic mass is 16.5. The third kappa shape index (κ3) is 3.84. The van der Waals surface area contributed by atoms with Gasteiger partial charge in [-0.2, -0.15) is 10.2 Å². The summed E-state index contributed by atoms with van der Waals surface area (Å²) in [7, 11) is 1.58. The van der Waals surface area contributed by atoms with Crippen molar-refractivity contribution in [3.63, 3.8) is 0 Å². The van der Waals surface area contributed by atoms with Gasteiger partial charge < -0.3 is 14.5 Å². The summed E-state index contributed by atoms with van der Waals surface area (Å²) in [5.74, 6) is 0. The average molecular weight is 339 g/mol. The van der Waals surface area contributed by atoms with Crippen molar-refractivity contribution in [3.05, 3.63) is 52.1 Å². The summed E-state index contributed by atoms with van der Waals surface area (Å²) in [6, 6.07) is 9.57. The van der Waals surface area contributed by atoms with Crippen molar-refractivity contribution < 1.29 is 9.47 Å². The molecule has 0 aliphatic carbocycles. The zero-order valence-corrected chi connectivity index (χ0v) is 13.7. The molecule has 0 spiro atoms. The van der Waals surface area contributed by atoms with Crippen molar-refractivity contribution >= 4 is 11.2 Å². The molecule has 0 saturated heterocycles. The number of rotatable bonds is 7. The van der Waals surface area contributed by atoms with E-state index in [0.29, 0.717) is 42.9 Å². The number of nitriles is 1. The number of nitrogens with zero attached hydrogens (tertiary/aromatic N) is 4. The summed E-state index contributed by atoms with van der Waals surface area (Å²) < 4.78 is 11.9. The maximum atomic E-state index is 12.2. The van der Waals surface area contributed by atoms with E-state index in [1.54, 1.807) is 23.8 Å². The summed E-state index contributed by atoms with van der Waals surface area (Å²) in [6.45, 7) is 1.22. The Labute approximate surface area is 143 Å². The number of benzene rings is 1. The maximum absolute atomic E-state index is 12.2. The van der Waals surface area contributed by atoms with Gasteiger partial charge in [-0.05, 0) is 24.1 Å². The first-order valence-electron chi connectivity index (χ1n) is 7.77. The van der Waals surface area contributed by atoms with Gasteiger partial charge in [0.05, 0.1) is 24.4 Å². The molecule has 8 nitrogen and oxygen atoms in total. The summed E-state index contributed by atoms with van der Waals surface area (Å²) >= 11 is 0. The van der Waals surface area contributed by atoms with Crippen LogP contribution in [0.25, 0.3) is 11.2 Å². The lowest BCUT2D eigenvalue weighted by molar-refractivity contribution is 0.141. The number of hydrogen-bond donors (Lipinski definition) is 1. The number of aromatic nitrogens is 4. The molecule has 25 heavy (non-hydrogen) atoms. The SMILES string of the molecule is COCCOc1ncc2[nH]c(=O)n(CCc3ccc(C#N)cc3)c2n1. The smallest absolute Gasteiger partial charge is 0.327 e. The Kier molecular flexibility index (Phi) is 5.06. The third-order valence-corrected chi connectivity index (χ3v) is 3.71. The third-order valence-electron chi connectivity index (χ3n) is 3.71. The van der Waals surface area contributed by atoms with Gasteiger partial charge in [-0.15, -0.1) is 0 Å². The number of aryl methyl sites for hydroxylation is 2. The van der Waals surface area contributed by atoms with Gasteiger partial charge >= 0.3 is 11.7 Å². The van der Waals surface area contributed by atoms with E-state index in [0.717, 1.165) is 5.56 Å². The molecule has 1 N–H and O–H groups in total. The van der Waals surface area contributed by atoms with Crippen LogP contribution in [0.15, 0.2) is 35.3 Å². The van der Waals surface area contributed by atoms with Gasteiger partial charge in [-0.25, -0.2) is 9.78 Å². The number of methoxy groups -OCH3 is 1. The van der Waals surface area contributed by atoms with E-state index in [-0.39, 0.29) is 11.7 Å². The van der Waals surface area contributed by atoms with Crippen LogP contribution in [0.1, 0.15) is 11.1 Å². The Morgan fingerprint density at radius 2 is 2.08 bits per heavy atom. The summed E-state index contributed by atoms with van der Waals surface area (Å²) in [6.07, 6.45) is 2.17. The minimum atomic E-state index is -0.244. The molecule has 1 aromatic carbocycles. The topological polar surface area (TPSA) is 106 Å². The van der Waals surface area contributed by atoms with Crippen molar-refractivity contribution in [2.75, 3.05) is 20.3 Å². The molecule has 0 aliphatic heterocycles. The van der Waals surface area contributed by atoms with E-state index in [4.69, 9.17) is 14.7 Å². The molecule has 2 aromatic heterocycles. The second kappa shape index (κ2) is 7.59. The zero-order valence-electron chi connectivity index (χ0n) is 13.7. The van der Waals surface area contributed by atoms with Crippen molar-refractivity contribution in [3.8, 4) is 12.1 Å². The van der Waals surface area contributed by atoms with E-state index in [1.165, 1.54) is 6.20 Å². The highest BCUT2D eigenvalue weighted by Crippen LogP contribution is 2.12. The molecule has 8 heteroatoms. The molecule has 0 aliphatic rings. The van der Waals surface area contributed by atoms with E-state index in [9.17, 15) is 4.79 Å². The Morgan fingerprint density at radius 3 is 2.80 bits per heavy atom. The molecule has 2 heterocycles. The highest BCUT2D eigenvalue weighted by molar-refractivity contribution is 5.69. The normalized spacial score (nSPS) is 10.7.